The molecule has 0 fully saturated rings. The van der Waals surface area contributed by atoms with Gasteiger partial charge in [-0.3, -0.25) is 0 Å². The van der Waals surface area contributed by atoms with E-state index >= 15 is 0 Å². The van der Waals surface area contributed by atoms with Crippen LogP contribution < -0.4 is 0 Å². The highest BCUT2D eigenvalue weighted by atomic mass is 35.5. The second-order valence-electron chi connectivity index (χ2n) is 3.76. The van der Waals surface area contributed by atoms with Gasteiger partial charge in [0.05, 0.1) is 10.6 Å². The van der Waals surface area contributed by atoms with Crippen LogP contribution in [-0.2, 0) is 0 Å². The van der Waals surface area contributed by atoms with E-state index in [2.05, 4.69) is 11.2 Å². The molecular weight excluding hydrogens is 283 g/mol. The molecule has 1 aromatic carbocycles. The van der Waals surface area contributed by atoms with Crippen molar-refractivity contribution in [2.75, 3.05) is 0 Å². The molecule has 0 saturated heterocycles. The average Bonchev–Trinajstić information content (AvgIpc) is 2.42. The molecule has 94 valence electrons. The molecule has 1 aromatic rings. The molecule has 19 heavy (non-hydrogen) atoms. The summed E-state index contributed by atoms with van der Waals surface area (Å²) < 4.78 is 0. The molecule has 3 nitrogen and oxygen atoms in total. The minimum atomic E-state index is 0.263. The molecule has 0 atom stereocenters. The fraction of sp³-hybridized carbons (Fsp3) is 0. The zero-order chi connectivity index (χ0) is 13.8. The van der Waals surface area contributed by atoms with Crippen molar-refractivity contribution in [3.05, 3.63) is 63.7 Å². The Morgan fingerprint density at radius 1 is 1.16 bits per heavy atom. The number of nitriles is 1. The van der Waals surface area contributed by atoms with Crippen molar-refractivity contribution in [3.8, 4) is 6.07 Å². The fourth-order valence-corrected chi connectivity index (χ4v) is 2.00. The molecular formula is C14H8Cl2N2O. The first-order valence-corrected chi connectivity index (χ1v) is 6.09. The second kappa shape index (κ2) is 5.75. The molecule has 0 bridgehead atoms. The average molecular weight is 291 g/mol. The van der Waals surface area contributed by atoms with Gasteiger partial charge in [-0.25, -0.2) is 0 Å². The van der Waals surface area contributed by atoms with Crippen LogP contribution in [-0.4, -0.2) is 10.9 Å². The minimum absolute atomic E-state index is 0.263. The molecule has 5 heteroatoms. The Balaban J connectivity index is 2.51. The Bertz CT molecular complexity index is 662. The van der Waals surface area contributed by atoms with E-state index in [-0.39, 0.29) is 10.7 Å². The molecule has 0 saturated carbocycles. The lowest BCUT2D eigenvalue weighted by Crippen LogP contribution is -2.00. The maximum atomic E-state index is 9.28. The van der Waals surface area contributed by atoms with E-state index in [1.165, 1.54) is 0 Å². The summed E-state index contributed by atoms with van der Waals surface area (Å²) in [5, 5.41) is 21.9. The number of rotatable bonds is 1. The van der Waals surface area contributed by atoms with Gasteiger partial charge in [-0.1, -0.05) is 46.6 Å². The summed E-state index contributed by atoms with van der Waals surface area (Å²) in [5.74, 6) is 0. The SMILES string of the molecule is N#C/C(=C1C=C/C(=N/O)C(Cl)=C\1)c1ccc(Cl)cc1. The smallest absolute Gasteiger partial charge is 0.121 e. The van der Waals surface area contributed by atoms with Crippen molar-refractivity contribution in [3.63, 3.8) is 0 Å². The van der Waals surface area contributed by atoms with Crippen LogP contribution in [0.25, 0.3) is 5.57 Å². The van der Waals surface area contributed by atoms with Gasteiger partial charge in [0.25, 0.3) is 0 Å². The molecule has 2 rings (SSSR count). The Kier molecular flexibility index (Phi) is 4.06. The highest BCUT2D eigenvalue weighted by molar-refractivity contribution is 6.46. The van der Waals surface area contributed by atoms with E-state index < -0.39 is 0 Å². The van der Waals surface area contributed by atoms with Crippen molar-refractivity contribution in [2.45, 2.75) is 0 Å². The molecule has 0 radical (unpaired) electrons. The van der Waals surface area contributed by atoms with Crippen molar-refractivity contribution in [2.24, 2.45) is 5.16 Å². The Hall–Kier alpha value is -2.02. The topological polar surface area (TPSA) is 56.4 Å². The lowest BCUT2D eigenvalue weighted by molar-refractivity contribution is 0.320. The van der Waals surface area contributed by atoms with E-state index in [1.54, 1.807) is 42.5 Å². The largest absolute Gasteiger partial charge is 0.410 e. The van der Waals surface area contributed by atoms with Crippen molar-refractivity contribution >= 4 is 34.5 Å². The summed E-state index contributed by atoms with van der Waals surface area (Å²) in [7, 11) is 0. The van der Waals surface area contributed by atoms with Crippen molar-refractivity contribution < 1.29 is 5.21 Å². The summed E-state index contributed by atoms with van der Waals surface area (Å²) in [6.07, 6.45) is 4.81. The van der Waals surface area contributed by atoms with E-state index in [0.717, 1.165) is 5.56 Å². The maximum Gasteiger partial charge on any atom is 0.121 e. The summed E-state index contributed by atoms with van der Waals surface area (Å²) >= 11 is 11.8. The number of hydrogen-bond acceptors (Lipinski definition) is 3. The van der Waals surface area contributed by atoms with Crippen molar-refractivity contribution in [1.29, 1.82) is 5.26 Å². The van der Waals surface area contributed by atoms with E-state index in [4.69, 9.17) is 28.4 Å². The molecule has 1 aliphatic carbocycles. The van der Waals surface area contributed by atoms with Gasteiger partial charge in [-0.05, 0) is 35.4 Å². The summed E-state index contributed by atoms with van der Waals surface area (Å²) in [5.41, 5.74) is 2.14. The van der Waals surface area contributed by atoms with Crippen LogP contribution in [0.3, 0.4) is 0 Å². The first-order chi connectivity index (χ1) is 9.15. The molecule has 1 aliphatic rings. The van der Waals surface area contributed by atoms with Crippen LogP contribution in [0.2, 0.25) is 5.02 Å². The van der Waals surface area contributed by atoms with Crippen LogP contribution in [0.15, 0.2) is 58.3 Å². The Morgan fingerprint density at radius 2 is 1.84 bits per heavy atom. The van der Waals surface area contributed by atoms with E-state index in [9.17, 15) is 5.26 Å². The third-order valence-electron chi connectivity index (χ3n) is 2.59. The maximum absolute atomic E-state index is 9.28. The molecule has 1 N–H and O–H groups in total. The summed E-state index contributed by atoms with van der Waals surface area (Å²) in [6.45, 7) is 0. The predicted octanol–water partition coefficient (Wildman–Crippen LogP) is 4.14. The van der Waals surface area contributed by atoms with Gasteiger partial charge in [0.1, 0.15) is 11.8 Å². The number of halogens is 2. The molecule has 0 unspecified atom stereocenters. The highest BCUT2D eigenvalue weighted by Gasteiger charge is 2.12. The van der Waals surface area contributed by atoms with Gasteiger partial charge in [0.15, 0.2) is 0 Å². The van der Waals surface area contributed by atoms with E-state index in [1.807, 2.05) is 0 Å². The van der Waals surface area contributed by atoms with Crippen LogP contribution in [0, 0.1) is 11.3 Å². The van der Waals surface area contributed by atoms with Crippen LogP contribution in [0.1, 0.15) is 5.56 Å². The second-order valence-corrected chi connectivity index (χ2v) is 4.60. The van der Waals surface area contributed by atoms with Gasteiger partial charge in [0, 0.05) is 5.02 Å². The molecule has 0 aromatic heterocycles. The first-order valence-electron chi connectivity index (χ1n) is 5.33. The zero-order valence-electron chi connectivity index (χ0n) is 9.64. The molecule has 0 amide bonds. The standard InChI is InChI=1S/C14H8Cl2N2O/c15-11-4-1-9(2-5-11)12(8-17)10-3-6-14(18-19)13(16)7-10/h1-7,19H/b12-10-,18-14-. The van der Waals surface area contributed by atoms with Crippen LogP contribution in [0.5, 0.6) is 0 Å². The van der Waals surface area contributed by atoms with Gasteiger partial charge < -0.3 is 5.21 Å². The lowest BCUT2D eigenvalue weighted by Gasteiger charge is -2.08. The minimum Gasteiger partial charge on any atom is -0.410 e. The number of allylic oxidation sites excluding steroid dienone is 6. The fourth-order valence-electron chi connectivity index (χ4n) is 1.66. The number of benzene rings is 1. The lowest BCUT2D eigenvalue weighted by atomic mass is 9.97. The predicted molar refractivity (Wildman–Crippen MR) is 76.3 cm³/mol. The summed E-state index contributed by atoms with van der Waals surface area (Å²) in [6, 6.07) is 9.10. The highest BCUT2D eigenvalue weighted by Crippen LogP contribution is 2.26. The third-order valence-corrected chi connectivity index (χ3v) is 3.14. The van der Waals surface area contributed by atoms with Gasteiger partial charge in [0.2, 0.25) is 0 Å². The molecule has 0 heterocycles. The Morgan fingerprint density at radius 3 is 2.37 bits per heavy atom. The first kappa shape index (κ1) is 13.4. The number of nitrogens with zero attached hydrogens (tertiary/aromatic N) is 2. The Labute approximate surface area is 120 Å². The quantitative estimate of drug-likeness (QED) is 0.480. The van der Waals surface area contributed by atoms with Gasteiger partial charge >= 0.3 is 0 Å². The van der Waals surface area contributed by atoms with Gasteiger partial charge in [-0.15, -0.1) is 0 Å². The van der Waals surface area contributed by atoms with Crippen LogP contribution >= 0.6 is 23.2 Å². The van der Waals surface area contributed by atoms with Crippen LogP contribution in [0.4, 0.5) is 0 Å². The van der Waals surface area contributed by atoms with E-state index in [0.29, 0.717) is 16.2 Å². The normalized spacial score (nSPS) is 19.0. The monoisotopic (exact) mass is 290 g/mol. The molecule has 0 spiro atoms. The van der Waals surface area contributed by atoms with Crippen molar-refractivity contribution in [1.82, 2.24) is 0 Å². The number of oxime groups is 1. The number of hydrogen-bond donors (Lipinski definition) is 1. The summed E-state index contributed by atoms with van der Waals surface area (Å²) in [4.78, 5) is 0. The van der Waals surface area contributed by atoms with Gasteiger partial charge in [-0.2, -0.15) is 5.26 Å². The third kappa shape index (κ3) is 2.87. The molecule has 0 aliphatic heterocycles. The zero-order valence-corrected chi connectivity index (χ0v) is 11.2.